The zero-order valence-electron chi connectivity index (χ0n) is 88.8. The fourth-order valence-electron chi connectivity index (χ4n) is 22.2. The molecular weight excluding hydrogens is 1970 g/mol. The minimum Gasteiger partial charge on any atom is -0.450 e. The summed E-state index contributed by atoms with van der Waals surface area (Å²) in [5.41, 5.74) is 11.4. The Hall–Kier alpha value is -9.72. The molecule has 0 amide bonds. The second kappa shape index (κ2) is 53.5. The van der Waals surface area contributed by atoms with Crippen molar-refractivity contribution in [3.05, 3.63) is 326 Å². The summed E-state index contributed by atoms with van der Waals surface area (Å²) in [6.45, 7) is 31.8. The SMILES string of the molecule is CCc1ccc(C2CCC(CC)CC2)c(Cl)c1F.CCc1ccc(C2CCC(CC)CC2)c(Cl)c1F.CCc1ccc(C2CCC(CC)CC2)c(F)c1F.CCc1ccc(C2CCC(CC)CC2)c(F)c1F.CCc1ccc2c(oc3c(F)c(CC)ccc32)c1F.CCc1ccc2c(oc3c(F)c(CC)ccc32)c1F.CCc1ccc2c(sc3c(F)c(CC)ccc32)c1F.CCc1ccc2c(sc3c(F)c(CC)ccc32)c1F. The summed E-state index contributed by atoms with van der Waals surface area (Å²) in [4.78, 5) is 0. The molecule has 4 aromatic heterocycles. The lowest BCUT2D eigenvalue weighted by Crippen LogP contribution is -2.14. The van der Waals surface area contributed by atoms with E-state index in [2.05, 4.69) is 27.7 Å². The van der Waals surface area contributed by atoms with Crippen molar-refractivity contribution in [3.63, 3.8) is 0 Å². The number of benzene rings is 12. The van der Waals surface area contributed by atoms with Gasteiger partial charge in [0.15, 0.2) is 68.9 Å². The van der Waals surface area contributed by atoms with E-state index in [0.29, 0.717) is 206 Å². The molecule has 0 atom stereocenters. The molecule has 20 heteroatoms. The first kappa shape index (κ1) is 115. The third-order valence-corrected chi connectivity index (χ3v) is 35.4. The monoisotopic (exact) mass is 2110 g/mol. The molecule has 0 bridgehead atoms. The lowest BCUT2D eigenvalue weighted by molar-refractivity contribution is 0.312. The van der Waals surface area contributed by atoms with E-state index in [1.165, 1.54) is 74.0 Å². The second-order valence-corrected chi connectivity index (χ2v) is 43.0. The van der Waals surface area contributed by atoms with Gasteiger partial charge < -0.3 is 8.83 Å². The van der Waals surface area contributed by atoms with E-state index < -0.39 is 23.3 Å². The van der Waals surface area contributed by atoms with Crippen molar-refractivity contribution in [2.24, 2.45) is 23.7 Å². The van der Waals surface area contributed by atoms with Gasteiger partial charge in [0, 0.05) is 43.1 Å². The molecule has 0 radical (unpaired) electrons. The van der Waals surface area contributed by atoms with Crippen LogP contribution < -0.4 is 0 Å². The maximum Gasteiger partial charge on any atom is 0.171 e. The molecule has 4 saturated carbocycles. The van der Waals surface area contributed by atoms with Gasteiger partial charge in [0.1, 0.15) is 34.9 Å². The molecule has 20 rings (SSSR count). The van der Waals surface area contributed by atoms with Gasteiger partial charge in [-0.2, -0.15) is 0 Å². The molecule has 0 unspecified atom stereocenters. The Labute approximate surface area is 884 Å². The fourth-order valence-corrected chi connectivity index (χ4v) is 25.3. The number of thiophene rings is 2. The number of hydrogen-bond acceptors (Lipinski definition) is 4. The van der Waals surface area contributed by atoms with Crippen molar-refractivity contribution in [2.75, 3.05) is 0 Å². The molecule has 0 spiro atoms. The summed E-state index contributed by atoms with van der Waals surface area (Å²) in [7, 11) is 0. The summed E-state index contributed by atoms with van der Waals surface area (Å²) in [6, 6.07) is 44.0. The summed E-state index contributed by atoms with van der Waals surface area (Å²) in [5, 5.41) is 6.53. The zero-order chi connectivity index (χ0) is 107. The zero-order valence-corrected chi connectivity index (χ0v) is 91.9. The number of hydrogen-bond donors (Lipinski definition) is 0. The average molecular weight is 2120 g/mol. The number of halogens is 16. The Balaban J connectivity index is 0.000000141. The quantitative estimate of drug-likeness (QED) is 0.0711. The van der Waals surface area contributed by atoms with Crippen molar-refractivity contribution >= 4 is 130 Å². The standard InChI is InChI=1S/2C16H22ClF.2C16H14F2O.2C16H14F2S.2C16H22F2/c2*1-3-11-5-7-13(8-6-11)14-10-9-12(4-2)16(18)15(14)17;4*1-3-9-5-7-11-12-8-6-10(4-2)14(18)16(12)19-15(11)13(9)17;2*1-3-11-5-7-13(8-6-11)14-10-9-12(4-2)15(17)16(14)18/h2*9-11,13H,3-8H2,1-2H3;4*5-8H,3-4H2,1-2H3;2*9-11,13H,3-8H2,1-2H3. The van der Waals surface area contributed by atoms with Crippen LogP contribution in [0.1, 0.15) is 352 Å². The van der Waals surface area contributed by atoms with E-state index in [1.807, 2.05) is 132 Å². The summed E-state index contributed by atoms with van der Waals surface area (Å²) in [5.74, 6) is -0.540. The Morgan fingerprint density at radius 3 is 0.547 bits per heavy atom. The lowest BCUT2D eigenvalue weighted by Gasteiger charge is -2.28. The van der Waals surface area contributed by atoms with Gasteiger partial charge in [-0.25, -0.2) is 61.5 Å². The van der Waals surface area contributed by atoms with E-state index in [0.717, 1.165) is 145 Å². The summed E-state index contributed by atoms with van der Waals surface area (Å²) in [6.07, 6.45) is 30.7. The molecule has 12 aromatic carbocycles. The summed E-state index contributed by atoms with van der Waals surface area (Å²) >= 11 is 14.9. The maximum absolute atomic E-state index is 14.3. The van der Waals surface area contributed by atoms with Crippen molar-refractivity contribution in [1.82, 2.24) is 0 Å². The number of aryl methyl sites for hydroxylation is 12. The fraction of sp³-hybridized carbons (Fsp3) is 0.438. The number of rotatable bonds is 20. The van der Waals surface area contributed by atoms with Crippen LogP contribution in [0.15, 0.2) is 154 Å². The average Bonchev–Trinajstić information content (AvgIpc) is 1.61. The Kier molecular flexibility index (Phi) is 41.7. The van der Waals surface area contributed by atoms with Gasteiger partial charge in [-0.15, -0.1) is 22.7 Å². The Morgan fingerprint density at radius 1 is 0.189 bits per heavy atom. The highest BCUT2D eigenvalue weighted by molar-refractivity contribution is 7.26. The van der Waals surface area contributed by atoms with E-state index >= 15 is 0 Å². The smallest absolute Gasteiger partial charge is 0.171 e. The van der Waals surface area contributed by atoms with E-state index in [1.54, 1.807) is 97.1 Å². The highest BCUT2D eigenvalue weighted by atomic mass is 35.5. The minimum atomic E-state index is -0.632. The molecular formula is C128H144Cl2F14O2S2. The molecule has 4 fully saturated rings. The minimum absolute atomic E-state index is 0.154. The van der Waals surface area contributed by atoms with Crippen molar-refractivity contribution in [2.45, 2.75) is 340 Å². The van der Waals surface area contributed by atoms with Gasteiger partial charge >= 0.3 is 0 Å². The molecule has 4 heterocycles. The Bertz CT molecular complexity index is 6130. The van der Waals surface area contributed by atoms with Gasteiger partial charge in [-0.05, 0) is 340 Å². The maximum atomic E-state index is 14.3. The van der Waals surface area contributed by atoms with Gasteiger partial charge in [0.25, 0.3) is 0 Å². The molecule has 4 aliphatic rings. The van der Waals surface area contributed by atoms with E-state index in [-0.39, 0.29) is 92.3 Å². The molecule has 148 heavy (non-hydrogen) atoms. The van der Waals surface area contributed by atoms with E-state index in [4.69, 9.17) is 32.0 Å². The lowest BCUT2D eigenvalue weighted by atomic mass is 9.77. The van der Waals surface area contributed by atoms with Crippen molar-refractivity contribution in [1.29, 1.82) is 0 Å². The van der Waals surface area contributed by atoms with E-state index in [9.17, 15) is 61.5 Å². The van der Waals surface area contributed by atoms with Crippen LogP contribution in [0.4, 0.5) is 61.5 Å². The predicted molar refractivity (Wildman–Crippen MR) is 594 cm³/mol. The number of furan rings is 2. The van der Waals surface area contributed by atoms with Crippen LogP contribution in [0.5, 0.6) is 0 Å². The summed E-state index contributed by atoms with van der Waals surface area (Å²) < 4.78 is 211. The van der Waals surface area contributed by atoms with Crippen molar-refractivity contribution < 1.29 is 70.3 Å². The third-order valence-electron chi connectivity index (χ3n) is 32.2. The van der Waals surface area contributed by atoms with Gasteiger partial charge in [0.05, 0.1) is 28.8 Å². The first-order valence-electron chi connectivity index (χ1n) is 54.5. The molecule has 0 saturated heterocycles. The van der Waals surface area contributed by atoms with Crippen LogP contribution in [-0.4, -0.2) is 0 Å². The molecule has 0 N–H and O–H groups in total. The Morgan fingerprint density at radius 2 is 0.351 bits per heavy atom. The van der Waals surface area contributed by atoms with Gasteiger partial charge in [-0.1, -0.05) is 281 Å². The second-order valence-electron chi connectivity index (χ2n) is 40.2. The van der Waals surface area contributed by atoms with Crippen molar-refractivity contribution in [3.8, 4) is 0 Å². The topological polar surface area (TPSA) is 26.3 Å². The molecule has 16 aromatic rings. The molecule has 4 aliphatic carbocycles. The molecule has 2 nitrogen and oxygen atoms in total. The van der Waals surface area contributed by atoms with Crippen LogP contribution in [0, 0.1) is 105 Å². The van der Waals surface area contributed by atoms with Gasteiger partial charge in [-0.3, -0.25) is 0 Å². The van der Waals surface area contributed by atoms with Crippen LogP contribution in [-0.2, 0) is 77.0 Å². The normalized spacial score (nSPS) is 17.7. The molecule has 792 valence electrons. The van der Waals surface area contributed by atoms with Crippen LogP contribution in [0.25, 0.3) is 84.2 Å². The molecule has 0 aliphatic heterocycles. The van der Waals surface area contributed by atoms with Crippen LogP contribution >= 0.6 is 45.9 Å². The predicted octanol–water partition coefficient (Wildman–Crippen LogP) is 42.8. The first-order valence-corrected chi connectivity index (χ1v) is 56.8. The first-order chi connectivity index (χ1) is 71.3. The highest BCUT2D eigenvalue weighted by Crippen LogP contribution is 2.48. The van der Waals surface area contributed by atoms with Gasteiger partial charge in [0.2, 0.25) is 0 Å². The van der Waals surface area contributed by atoms with Crippen LogP contribution in [0.3, 0.4) is 0 Å². The largest absolute Gasteiger partial charge is 0.450 e. The highest BCUT2D eigenvalue weighted by Gasteiger charge is 2.32. The number of fused-ring (bicyclic) bond motifs is 12. The van der Waals surface area contributed by atoms with Crippen LogP contribution in [0.2, 0.25) is 10.0 Å². The third kappa shape index (κ3) is 25.3.